The normalized spacial score (nSPS) is 22.8. The molecule has 7 nitrogen and oxygen atoms in total. The van der Waals surface area contributed by atoms with E-state index in [4.69, 9.17) is 18.9 Å². The van der Waals surface area contributed by atoms with Gasteiger partial charge in [-0.25, -0.2) is 4.99 Å². The number of aliphatic imine (C=N–C) groups is 1. The lowest BCUT2D eigenvalue weighted by molar-refractivity contribution is -0.146. The van der Waals surface area contributed by atoms with Crippen molar-refractivity contribution >= 4 is 17.6 Å². The third kappa shape index (κ3) is 5.66. The zero-order valence-corrected chi connectivity index (χ0v) is 16.6. The standard InChI is InChI=1S/C20H29NO6/c1-24-16-11-13(12-17(25-2)19(16)26-3)5-10-18(22)21-15-8-6-14(7-9-15)20(23)27-4/h11,14,17H,5-10,12H2,1-4H3. The van der Waals surface area contributed by atoms with Crippen LogP contribution in [0.4, 0.5) is 0 Å². The van der Waals surface area contributed by atoms with Crippen molar-refractivity contribution in [1.82, 2.24) is 0 Å². The fourth-order valence-corrected chi connectivity index (χ4v) is 3.53. The van der Waals surface area contributed by atoms with E-state index in [2.05, 4.69) is 4.99 Å². The first-order chi connectivity index (χ1) is 13.0. The van der Waals surface area contributed by atoms with Gasteiger partial charge < -0.3 is 18.9 Å². The second kappa shape index (κ2) is 10.3. The first-order valence-electron chi connectivity index (χ1n) is 9.23. The number of amides is 1. The lowest BCUT2D eigenvalue weighted by Crippen LogP contribution is -2.23. The molecule has 1 saturated carbocycles. The van der Waals surface area contributed by atoms with Crippen molar-refractivity contribution in [3.8, 4) is 0 Å². The first kappa shape index (κ1) is 21.2. The first-order valence-corrected chi connectivity index (χ1v) is 9.23. The Morgan fingerprint density at radius 3 is 2.37 bits per heavy atom. The van der Waals surface area contributed by atoms with Crippen LogP contribution in [-0.2, 0) is 28.5 Å². The number of carbonyl (C=O) groups excluding carboxylic acids is 2. The number of esters is 1. The fourth-order valence-electron chi connectivity index (χ4n) is 3.53. The van der Waals surface area contributed by atoms with Crippen molar-refractivity contribution in [2.24, 2.45) is 10.9 Å². The monoisotopic (exact) mass is 379 g/mol. The fraction of sp³-hybridized carbons (Fsp3) is 0.650. The number of ether oxygens (including phenoxy) is 4. The Morgan fingerprint density at radius 1 is 1.11 bits per heavy atom. The van der Waals surface area contributed by atoms with E-state index in [1.807, 2.05) is 6.08 Å². The third-order valence-electron chi connectivity index (χ3n) is 5.08. The lowest BCUT2D eigenvalue weighted by Gasteiger charge is -2.25. The Morgan fingerprint density at radius 2 is 1.81 bits per heavy atom. The molecule has 0 aromatic carbocycles. The number of carbonyl (C=O) groups is 2. The van der Waals surface area contributed by atoms with Gasteiger partial charge in [-0.2, -0.15) is 0 Å². The molecule has 2 rings (SSSR count). The van der Waals surface area contributed by atoms with Crippen molar-refractivity contribution < 1.29 is 28.5 Å². The highest BCUT2D eigenvalue weighted by molar-refractivity contribution is 5.96. The van der Waals surface area contributed by atoms with Crippen LogP contribution in [0.3, 0.4) is 0 Å². The van der Waals surface area contributed by atoms with Crippen molar-refractivity contribution in [2.75, 3.05) is 28.4 Å². The SMILES string of the molecule is COC(=O)C1CCC(=NC(=O)CCC2=CC(OC)=C(OC)C(OC)C2)CC1. The van der Waals surface area contributed by atoms with Crippen LogP contribution in [0.25, 0.3) is 0 Å². The quantitative estimate of drug-likeness (QED) is 0.633. The molecular formula is C20H29NO6. The molecule has 2 aliphatic carbocycles. The molecule has 0 saturated heterocycles. The van der Waals surface area contributed by atoms with E-state index in [1.54, 1.807) is 21.3 Å². The molecule has 0 N–H and O–H groups in total. The molecular weight excluding hydrogens is 350 g/mol. The van der Waals surface area contributed by atoms with Gasteiger partial charge in [0.25, 0.3) is 0 Å². The van der Waals surface area contributed by atoms with Crippen LogP contribution in [0.2, 0.25) is 0 Å². The minimum Gasteiger partial charge on any atom is -0.494 e. The lowest BCUT2D eigenvalue weighted by atomic mass is 9.88. The summed E-state index contributed by atoms with van der Waals surface area (Å²) in [5.74, 6) is 0.923. The minimum atomic E-state index is -0.208. The highest BCUT2D eigenvalue weighted by atomic mass is 16.5. The maximum atomic E-state index is 12.2. The Balaban J connectivity index is 1.89. The number of nitrogens with zero attached hydrogens (tertiary/aromatic N) is 1. The van der Waals surface area contributed by atoms with Crippen molar-refractivity contribution in [3.63, 3.8) is 0 Å². The molecule has 0 spiro atoms. The molecule has 0 aromatic heterocycles. The summed E-state index contributed by atoms with van der Waals surface area (Å²) >= 11 is 0. The summed E-state index contributed by atoms with van der Waals surface area (Å²) in [6.07, 6.45) is 6.05. The molecule has 27 heavy (non-hydrogen) atoms. The van der Waals surface area contributed by atoms with E-state index in [9.17, 15) is 9.59 Å². The summed E-state index contributed by atoms with van der Waals surface area (Å²) in [6.45, 7) is 0. The second-order valence-corrected chi connectivity index (χ2v) is 6.74. The van der Waals surface area contributed by atoms with E-state index >= 15 is 0 Å². The summed E-state index contributed by atoms with van der Waals surface area (Å²) in [4.78, 5) is 28.0. The van der Waals surface area contributed by atoms with E-state index in [0.717, 1.165) is 11.3 Å². The summed E-state index contributed by atoms with van der Waals surface area (Å²) < 4.78 is 21.0. The Bertz CT molecular complexity index is 639. The molecule has 1 unspecified atom stereocenters. The van der Waals surface area contributed by atoms with E-state index in [1.165, 1.54) is 7.11 Å². The number of hydrogen-bond donors (Lipinski definition) is 0. The Labute approximate surface area is 160 Å². The van der Waals surface area contributed by atoms with E-state index < -0.39 is 0 Å². The van der Waals surface area contributed by atoms with Gasteiger partial charge >= 0.3 is 5.97 Å². The molecule has 2 aliphatic rings. The maximum Gasteiger partial charge on any atom is 0.308 e. The van der Waals surface area contributed by atoms with Gasteiger partial charge in [-0.05, 0) is 38.2 Å². The van der Waals surface area contributed by atoms with Crippen LogP contribution >= 0.6 is 0 Å². The van der Waals surface area contributed by atoms with Crippen LogP contribution in [0.1, 0.15) is 44.9 Å². The molecule has 0 aromatic rings. The molecule has 0 radical (unpaired) electrons. The smallest absolute Gasteiger partial charge is 0.308 e. The summed E-state index contributed by atoms with van der Waals surface area (Å²) in [5, 5.41) is 0. The predicted molar refractivity (Wildman–Crippen MR) is 100 cm³/mol. The van der Waals surface area contributed by atoms with Gasteiger partial charge in [-0.3, -0.25) is 9.59 Å². The van der Waals surface area contributed by atoms with Crippen LogP contribution in [-0.4, -0.2) is 52.1 Å². The van der Waals surface area contributed by atoms with Gasteiger partial charge in [0.2, 0.25) is 5.91 Å². The van der Waals surface area contributed by atoms with E-state index in [0.29, 0.717) is 56.5 Å². The highest BCUT2D eigenvalue weighted by Gasteiger charge is 2.27. The number of allylic oxidation sites excluding steroid dienone is 1. The van der Waals surface area contributed by atoms with Gasteiger partial charge in [-0.15, -0.1) is 0 Å². The highest BCUT2D eigenvalue weighted by Crippen LogP contribution is 2.30. The van der Waals surface area contributed by atoms with Gasteiger partial charge in [0, 0.05) is 25.7 Å². The van der Waals surface area contributed by atoms with Crippen molar-refractivity contribution in [2.45, 2.75) is 51.0 Å². The maximum absolute atomic E-state index is 12.2. The third-order valence-corrected chi connectivity index (χ3v) is 5.08. The van der Waals surface area contributed by atoms with Crippen molar-refractivity contribution in [3.05, 3.63) is 23.2 Å². The predicted octanol–water partition coefficient (Wildman–Crippen LogP) is 2.95. The molecule has 7 heteroatoms. The van der Waals surface area contributed by atoms with Crippen LogP contribution in [0.5, 0.6) is 0 Å². The summed E-state index contributed by atoms with van der Waals surface area (Å²) in [5.41, 5.74) is 1.95. The molecule has 0 bridgehead atoms. The van der Waals surface area contributed by atoms with E-state index in [-0.39, 0.29) is 23.9 Å². The average molecular weight is 379 g/mol. The van der Waals surface area contributed by atoms with Crippen molar-refractivity contribution in [1.29, 1.82) is 0 Å². The topological polar surface area (TPSA) is 83.4 Å². The van der Waals surface area contributed by atoms with Gasteiger partial charge in [-0.1, -0.05) is 5.57 Å². The Hall–Kier alpha value is -2.15. The van der Waals surface area contributed by atoms with Crippen LogP contribution in [0, 0.1) is 5.92 Å². The molecule has 1 amide bonds. The number of hydrogen-bond acceptors (Lipinski definition) is 6. The molecule has 0 aliphatic heterocycles. The Kier molecular flexibility index (Phi) is 8.03. The molecule has 150 valence electrons. The van der Waals surface area contributed by atoms with Crippen LogP contribution < -0.4 is 0 Å². The zero-order valence-electron chi connectivity index (χ0n) is 16.6. The average Bonchev–Trinajstić information content (AvgIpc) is 2.71. The molecule has 1 atom stereocenters. The molecule has 1 fully saturated rings. The van der Waals surface area contributed by atoms with Crippen LogP contribution in [0.15, 0.2) is 28.2 Å². The number of rotatable bonds is 7. The largest absolute Gasteiger partial charge is 0.494 e. The molecule has 0 heterocycles. The zero-order chi connectivity index (χ0) is 19.8. The summed E-state index contributed by atoms with van der Waals surface area (Å²) in [7, 11) is 6.21. The van der Waals surface area contributed by atoms with Gasteiger partial charge in [0.15, 0.2) is 11.5 Å². The summed E-state index contributed by atoms with van der Waals surface area (Å²) in [6, 6.07) is 0. The van der Waals surface area contributed by atoms with Gasteiger partial charge in [0.05, 0.1) is 27.2 Å². The minimum absolute atomic E-state index is 0.0725. The number of methoxy groups -OCH3 is 4. The second-order valence-electron chi connectivity index (χ2n) is 6.74. The van der Waals surface area contributed by atoms with Gasteiger partial charge in [0.1, 0.15) is 6.10 Å².